The Bertz CT molecular complexity index is 475. The summed E-state index contributed by atoms with van der Waals surface area (Å²) in [5.74, 6) is 2.82. The van der Waals surface area contributed by atoms with E-state index in [9.17, 15) is 0 Å². The quantitative estimate of drug-likeness (QED) is 0.683. The van der Waals surface area contributed by atoms with Crippen LogP contribution in [0.15, 0.2) is 46.5 Å². The van der Waals surface area contributed by atoms with Crippen molar-refractivity contribution in [2.75, 3.05) is 14.2 Å². The van der Waals surface area contributed by atoms with Gasteiger partial charge >= 0.3 is 0 Å². The van der Waals surface area contributed by atoms with Crippen molar-refractivity contribution in [3.05, 3.63) is 46.5 Å². The van der Waals surface area contributed by atoms with Gasteiger partial charge in [0.25, 0.3) is 0 Å². The van der Waals surface area contributed by atoms with E-state index >= 15 is 0 Å². The molecule has 0 aromatic heterocycles. The fourth-order valence-corrected chi connectivity index (χ4v) is 3.24. The molecule has 0 saturated carbocycles. The Balaban J connectivity index is 2.62. The lowest BCUT2D eigenvalue weighted by atomic mass is 9.87. The Morgan fingerprint density at radius 2 is 1.72 bits per heavy atom. The smallest absolute Gasteiger partial charge is 0.165 e. The summed E-state index contributed by atoms with van der Waals surface area (Å²) < 4.78 is 11.1. The normalized spacial score (nSPS) is 22.4. The average Bonchev–Trinajstić information content (AvgIpc) is 2.81. The molecular weight excluding hydrogens is 224 g/mol. The fraction of sp³-hybridized carbons (Fsp3) is 0.500. The predicted octanol–water partition coefficient (Wildman–Crippen LogP) is 3.98. The molecule has 2 aliphatic rings. The molecule has 2 aliphatic carbocycles. The number of fused-ring (bicyclic) bond motifs is 2. The van der Waals surface area contributed by atoms with Crippen LogP contribution in [0.25, 0.3) is 0 Å². The number of rotatable bonds is 5. The highest BCUT2D eigenvalue weighted by Gasteiger charge is 2.45. The Hall–Kier alpha value is -1.44. The van der Waals surface area contributed by atoms with Gasteiger partial charge in [-0.3, -0.25) is 0 Å². The monoisotopic (exact) mass is 246 g/mol. The van der Waals surface area contributed by atoms with Crippen molar-refractivity contribution >= 4 is 0 Å². The minimum atomic E-state index is 0.421. The largest absolute Gasteiger partial charge is 0.493 e. The van der Waals surface area contributed by atoms with Crippen molar-refractivity contribution in [3.8, 4) is 0 Å². The lowest BCUT2D eigenvalue weighted by molar-refractivity contribution is 0.219. The van der Waals surface area contributed by atoms with E-state index in [-0.39, 0.29) is 0 Å². The van der Waals surface area contributed by atoms with Crippen LogP contribution in [-0.2, 0) is 9.47 Å². The van der Waals surface area contributed by atoms with Gasteiger partial charge < -0.3 is 9.47 Å². The van der Waals surface area contributed by atoms with Crippen molar-refractivity contribution in [2.24, 2.45) is 11.8 Å². The molecule has 0 saturated heterocycles. The molecule has 2 heteroatoms. The molecule has 0 amide bonds. The molecule has 2 nitrogen and oxygen atoms in total. The van der Waals surface area contributed by atoms with Gasteiger partial charge in [-0.15, -0.1) is 6.58 Å². The first kappa shape index (κ1) is 13.0. The second kappa shape index (κ2) is 4.68. The van der Waals surface area contributed by atoms with Gasteiger partial charge in [0.1, 0.15) is 0 Å². The summed E-state index contributed by atoms with van der Waals surface area (Å²) in [6, 6.07) is 0. The van der Waals surface area contributed by atoms with Crippen molar-refractivity contribution in [2.45, 2.75) is 27.2 Å². The summed E-state index contributed by atoms with van der Waals surface area (Å²) in [4.78, 5) is 0. The molecule has 0 N–H and O–H groups in total. The summed E-state index contributed by atoms with van der Waals surface area (Å²) in [7, 11) is 3.45. The van der Waals surface area contributed by atoms with Gasteiger partial charge in [-0.25, -0.2) is 0 Å². The maximum Gasteiger partial charge on any atom is 0.165 e. The van der Waals surface area contributed by atoms with E-state index in [1.165, 1.54) is 22.3 Å². The molecule has 0 spiro atoms. The van der Waals surface area contributed by atoms with E-state index in [1.54, 1.807) is 14.2 Å². The van der Waals surface area contributed by atoms with Crippen LogP contribution in [0.4, 0.5) is 0 Å². The number of ether oxygens (including phenoxy) is 2. The number of hydrogen-bond donors (Lipinski definition) is 0. The van der Waals surface area contributed by atoms with Crippen molar-refractivity contribution < 1.29 is 9.47 Å². The molecule has 98 valence electrons. The topological polar surface area (TPSA) is 18.5 Å². The van der Waals surface area contributed by atoms with Gasteiger partial charge in [-0.1, -0.05) is 19.9 Å². The molecule has 2 rings (SSSR count). The summed E-state index contributed by atoms with van der Waals surface area (Å²) in [5, 5.41) is 0. The van der Waals surface area contributed by atoms with Crippen LogP contribution in [0.2, 0.25) is 0 Å². The van der Waals surface area contributed by atoms with Crippen LogP contribution >= 0.6 is 0 Å². The standard InChI is InChI=1S/C16H22O2/c1-7-8-11-10(4)13-12(9(2)3)14(11)16(18-6)15(13)17-5/h7,9,12H,1,8H2,2-6H3. The second-order valence-corrected chi connectivity index (χ2v) is 5.21. The van der Waals surface area contributed by atoms with Gasteiger partial charge in [0.05, 0.1) is 14.2 Å². The van der Waals surface area contributed by atoms with Crippen LogP contribution in [0.5, 0.6) is 0 Å². The van der Waals surface area contributed by atoms with E-state index in [2.05, 4.69) is 27.4 Å². The third kappa shape index (κ3) is 1.55. The number of allylic oxidation sites excluding steroid dienone is 5. The van der Waals surface area contributed by atoms with E-state index in [0.717, 1.165) is 17.9 Å². The first-order chi connectivity index (χ1) is 8.58. The van der Waals surface area contributed by atoms with Gasteiger partial charge in [0, 0.05) is 17.1 Å². The van der Waals surface area contributed by atoms with Crippen LogP contribution in [0, 0.1) is 11.8 Å². The van der Waals surface area contributed by atoms with E-state index in [4.69, 9.17) is 9.47 Å². The maximum absolute atomic E-state index is 5.58. The number of hydrogen-bond acceptors (Lipinski definition) is 2. The van der Waals surface area contributed by atoms with Crippen molar-refractivity contribution in [3.63, 3.8) is 0 Å². The molecule has 1 unspecified atom stereocenters. The molecule has 18 heavy (non-hydrogen) atoms. The highest BCUT2D eigenvalue weighted by atomic mass is 16.5. The van der Waals surface area contributed by atoms with Crippen LogP contribution in [0.3, 0.4) is 0 Å². The van der Waals surface area contributed by atoms with Crippen molar-refractivity contribution in [1.82, 2.24) is 0 Å². The first-order valence-corrected chi connectivity index (χ1v) is 6.46. The zero-order valence-corrected chi connectivity index (χ0v) is 12.0. The highest BCUT2D eigenvalue weighted by Crippen LogP contribution is 2.55. The highest BCUT2D eigenvalue weighted by molar-refractivity contribution is 5.68. The maximum atomic E-state index is 5.58. The van der Waals surface area contributed by atoms with Crippen LogP contribution in [0.1, 0.15) is 27.2 Å². The molecular formula is C16H22O2. The Morgan fingerprint density at radius 3 is 2.17 bits per heavy atom. The molecule has 0 aromatic rings. The summed E-state index contributed by atoms with van der Waals surface area (Å²) in [6.45, 7) is 10.5. The molecule has 1 atom stereocenters. The zero-order chi connectivity index (χ0) is 13.4. The SMILES string of the molecule is C=CCC1=C(C)C2=C(OC)C(OC)=C1C2C(C)C. The van der Waals surface area contributed by atoms with Gasteiger partial charge in [0.2, 0.25) is 0 Å². The third-order valence-electron chi connectivity index (χ3n) is 3.92. The number of methoxy groups -OCH3 is 2. The summed E-state index contributed by atoms with van der Waals surface area (Å²) in [6.07, 6.45) is 2.86. The third-order valence-corrected chi connectivity index (χ3v) is 3.92. The molecule has 0 aromatic carbocycles. The van der Waals surface area contributed by atoms with Gasteiger partial charge in [-0.2, -0.15) is 0 Å². The van der Waals surface area contributed by atoms with E-state index in [0.29, 0.717) is 11.8 Å². The Kier molecular flexibility index (Phi) is 3.38. The van der Waals surface area contributed by atoms with E-state index < -0.39 is 0 Å². The summed E-state index contributed by atoms with van der Waals surface area (Å²) >= 11 is 0. The minimum Gasteiger partial charge on any atom is -0.493 e. The molecule has 0 fully saturated rings. The predicted molar refractivity (Wildman–Crippen MR) is 73.9 cm³/mol. The average molecular weight is 246 g/mol. The zero-order valence-electron chi connectivity index (χ0n) is 12.0. The first-order valence-electron chi connectivity index (χ1n) is 6.46. The Morgan fingerprint density at radius 1 is 1.17 bits per heavy atom. The second-order valence-electron chi connectivity index (χ2n) is 5.21. The van der Waals surface area contributed by atoms with Crippen molar-refractivity contribution in [1.29, 1.82) is 0 Å². The van der Waals surface area contributed by atoms with E-state index in [1.807, 2.05) is 6.08 Å². The van der Waals surface area contributed by atoms with Gasteiger partial charge in [-0.05, 0) is 30.4 Å². The minimum absolute atomic E-state index is 0.421. The molecule has 0 radical (unpaired) electrons. The molecule has 0 heterocycles. The lowest BCUT2D eigenvalue weighted by Crippen LogP contribution is -2.08. The molecule has 0 aliphatic heterocycles. The van der Waals surface area contributed by atoms with Crippen LogP contribution in [-0.4, -0.2) is 14.2 Å². The van der Waals surface area contributed by atoms with Crippen LogP contribution < -0.4 is 0 Å². The van der Waals surface area contributed by atoms with Gasteiger partial charge in [0.15, 0.2) is 11.5 Å². The summed E-state index contributed by atoms with van der Waals surface area (Å²) in [5.41, 5.74) is 5.35. The fourth-order valence-electron chi connectivity index (χ4n) is 3.24. The lowest BCUT2D eigenvalue weighted by Gasteiger charge is -2.16. The molecule has 2 bridgehead atoms. The Labute approximate surface area is 110 Å².